The summed E-state index contributed by atoms with van der Waals surface area (Å²) in [4.78, 5) is 29.4. The first-order chi connectivity index (χ1) is 10.6. The van der Waals surface area contributed by atoms with Crippen LogP contribution in [0.3, 0.4) is 0 Å². The molecule has 0 saturated carbocycles. The van der Waals surface area contributed by atoms with Gasteiger partial charge in [-0.25, -0.2) is 4.79 Å². The zero-order valence-corrected chi connectivity index (χ0v) is 13.2. The van der Waals surface area contributed by atoms with Crippen LogP contribution in [0.2, 0.25) is 0 Å². The van der Waals surface area contributed by atoms with Gasteiger partial charge in [-0.05, 0) is 19.1 Å². The average molecular weight is 305 g/mol. The number of benzene rings is 1. The van der Waals surface area contributed by atoms with Gasteiger partial charge in [-0.1, -0.05) is 18.2 Å². The molecule has 1 aliphatic rings. The molecule has 6 nitrogen and oxygen atoms in total. The monoisotopic (exact) mass is 305 g/mol. The van der Waals surface area contributed by atoms with Crippen molar-refractivity contribution in [2.24, 2.45) is 0 Å². The van der Waals surface area contributed by atoms with Crippen molar-refractivity contribution in [3.63, 3.8) is 0 Å². The van der Waals surface area contributed by atoms with Gasteiger partial charge in [0.05, 0.1) is 13.2 Å². The summed E-state index contributed by atoms with van der Waals surface area (Å²) in [6.45, 7) is 5.12. The highest BCUT2D eigenvalue weighted by Crippen LogP contribution is 2.12. The molecule has 2 amide bonds. The average Bonchev–Trinajstić information content (AvgIpc) is 2.55. The predicted octanol–water partition coefficient (Wildman–Crippen LogP) is 1.42. The van der Waals surface area contributed by atoms with Gasteiger partial charge in [0.15, 0.2) is 0 Å². The Balaban J connectivity index is 1.81. The number of amides is 2. The number of para-hydroxylation sites is 1. The first kappa shape index (κ1) is 16.3. The van der Waals surface area contributed by atoms with Gasteiger partial charge in [0.1, 0.15) is 0 Å². The van der Waals surface area contributed by atoms with Crippen molar-refractivity contribution in [1.29, 1.82) is 0 Å². The molecule has 1 heterocycles. The molecular formula is C16H23N3O3. The molecule has 0 unspecified atom stereocenters. The van der Waals surface area contributed by atoms with Gasteiger partial charge >= 0.3 is 6.09 Å². The molecule has 0 atom stereocenters. The van der Waals surface area contributed by atoms with Crippen LogP contribution in [0.5, 0.6) is 0 Å². The van der Waals surface area contributed by atoms with E-state index in [1.807, 2.05) is 30.3 Å². The molecule has 2 rings (SSSR count). The lowest BCUT2D eigenvalue weighted by Crippen LogP contribution is -2.51. The van der Waals surface area contributed by atoms with E-state index in [4.69, 9.17) is 4.74 Å². The Labute approximate surface area is 131 Å². The number of likely N-dealkylation sites (N-methyl/N-ethyl adjacent to an activating group) is 1. The first-order valence-corrected chi connectivity index (χ1v) is 7.57. The largest absolute Gasteiger partial charge is 0.450 e. The van der Waals surface area contributed by atoms with Gasteiger partial charge in [-0.2, -0.15) is 0 Å². The molecule has 0 radical (unpaired) electrons. The lowest BCUT2D eigenvalue weighted by atomic mass is 10.3. The fraction of sp³-hybridized carbons (Fsp3) is 0.500. The molecule has 1 aromatic carbocycles. The molecule has 1 aliphatic heterocycles. The highest BCUT2D eigenvalue weighted by Gasteiger charge is 2.24. The number of hydrogen-bond acceptors (Lipinski definition) is 4. The summed E-state index contributed by atoms with van der Waals surface area (Å²) in [6.07, 6.45) is -0.269. The number of ether oxygens (including phenoxy) is 1. The van der Waals surface area contributed by atoms with Crippen LogP contribution in [-0.2, 0) is 9.53 Å². The third-order valence-electron chi connectivity index (χ3n) is 3.77. The molecule has 0 aliphatic carbocycles. The van der Waals surface area contributed by atoms with Crippen molar-refractivity contribution in [3.8, 4) is 0 Å². The van der Waals surface area contributed by atoms with Gasteiger partial charge in [-0.15, -0.1) is 0 Å². The predicted molar refractivity (Wildman–Crippen MR) is 84.9 cm³/mol. The van der Waals surface area contributed by atoms with Crippen molar-refractivity contribution in [1.82, 2.24) is 9.80 Å². The molecule has 1 aromatic rings. The molecular weight excluding hydrogens is 282 g/mol. The molecule has 1 saturated heterocycles. The summed E-state index contributed by atoms with van der Waals surface area (Å²) in [5.41, 5.74) is 0.887. The van der Waals surface area contributed by atoms with Crippen LogP contribution < -0.4 is 4.90 Å². The van der Waals surface area contributed by atoms with E-state index < -0.39 is 0 Å². The second kappa shape index (κ2) is 7.79. The molecule has 120 valence electrons. The second-order valence-electron chi connectivity index (χ2n) is 5.25. The number of anilines is 1. The number of carbonyl (C=O) groups is 2. The van der Waals surface area contributed by atoms with Crippen LogP contribution in [0.4, 0.5) is 10.5 Å². The van der Waals surface area contributed by atoms with Crippen LogP contribution in [0, 0.1) is 0 Å². The fourth-order valence-corrected chi connectivity index (χ4v) is 2.40. The van der Waals surface area contributed by atoms with E-state index in [9.17, 15) is 9.59 Å². The van der Waals surface area contributed by atoms with Gasteiger partial charge in [0.25, 0.3) is 0 Å². The SMILES string of the molecule is CCOC(=O)N1CCN(CC(=O)N(C)c2ccccc2)CC1. The minimum atomic E-state index is -0.269. The molecule has 6 heteroatoms. The normalized spacial score (nSPS) is 15.5. The number of carbonyl (C=O) groups excluding carboxylic acids is 2. The molecule has 0 N–H and O–H groups in total. The maximum Gasteiger partial charge on any atom is 0.409 e. The third kappa shape index (κ3) is 4.21. The highest BCUT2D eigenvalue weighted by atomic mass is 16.6. The van der Waals surface area contributed by atoms with E-state index in [0.717, 1.165) is 5.69 Å². The summed E-state index contributed by atoms with van der Waals surface area (Å²) in [5, 5.41) is 0. The lowest BCUT2D eigenvalue weighted by Gasteiger charge is -2.34. The number of hydrogen-bond donors (Lipinski definition) is 0. The number of rotatable bonds is 4. The maximum atomic E-state index is 12.3. The van der Waals surface area contributed by atoms with Crippen molar-refractivity contribution < 1.29 is 14.3 Å². The molecule has 0 spiro atoms. The van der Waals surface area contributed by atoms with Gasteiger partial charge in [0, 0.05) is 38.9 Å². The summed E-state index contributed by atoms with van der Waals surface area (Å²) in [5.74, 6) is 0.0517. The first-order valence-electron chi connectivity index (χ1n) is 7.57. The lowest BCUT2D eigenvalue weighted by molar-refractivity contribution is -0.119. The van der Waals surface area contributed by atoms with E-state index in [0.29, 0.717) is 39.3 Å². The van der Waals surface area contributed by atoms with Crippen LogP contribution in [0.1, 0.15) is 6.92 Å². The summed E-state index contributed by atoms with van der Waals surface area (Å²) in [7, 11) is 1.78. The Hall–Kier alpha value is -2.08. The standard InChI is InChI=1S/C16H23N3O3/c1-3-22-16(21)19-11-9-18(10-12-19)13-15(20)17(2)14-7-5-4-6-8-14/h4-8H,3,9-13H2,1-2H3. The summed E-state index contributed by atoms with van der Waals surface area (Å²) < 4.78 is 4.99. The van der Waals surface area contributed by atoms with Crippen LogP contribution in [0.25, 0.3) is 0 Å². The van der Waals surface area contributed by atoms with E-state index in [2.05, 4.69) is 4.90 Å². The highest BCUT2D eigenvalue weighted by molar-refractivity contribution is 5.94. The van der Waals surface area contributed by atoms with Crippen molar-refractivity contribution in [2.75, 3.05) is 51.3 Å². The minimum absolute atomic E-state index is 0.0517. The Bertz CT molecular complexity index is 499. The zero-order valence-electron chi connectivity index (χ0n) is 13.2. The van der Waals surface area contributed by atoms with E-state index in [-0.39, 0.29) is 12.0 Å². The fourth-order valence-electron chi connectivity index (χ4n) is 2.40. The van der Waals surface area contributed by atoms with Crippen molar-refractivity contribution in [2.45, 2.75) is 6.92 Å². The Morgan fingerprint density at radius 1 is 1.14 bits per heavy atom. The van der Waals surface area contributed by atoms with E-state index in [1.54, 1.807) is 23.8 Å². The quantitative estimate of drug-likeness (QED) is 0.844. The van der Waals surface area contributed by atoms with Crippen LogP contribution in [-0.4, -0.2) is 68.2 Å². The van der Waals surface area contributed by atoms with Crippen LogP contribution >= 0.6 is 0 Å². The molecule has 1 fully saturated rings. The smallest absolute Gasteiger partial charge is 0.409 e. The number of piperazine rings is 1. The van der Waals surface area contributed by atoms with Crippen molar-refractivity contribution >= 4 is 17.7 Å². The Kier molecular flexibility index (Phi) is 5.77. The zero-order chi connectivity index (χ0) is 15.9. The minimum Gasteiger partial charge on any atom is -0.450 e. The number of nitrogens with zero attached hydrogens (tertiary/aromatic N) is 3. The van der Waals surface area contributed by atoms with Crippen molar-refractivity contribution in [3.05, 3.63) is 30.3 Å². The third-order valence-corrected chi connectivity index (χ3v) is 3.77. The second-order valence-corrected chi connectivity index (χ2v) is 5.25. The van der Waals surface area contributed by atoms with Gasteiger partial charge in [-0.3, -0.25) is 9.69 Å². The van der Waals surface area contributed by atoms with Crippen LogP contribution in [0.15, 0.2) is 30.3 Å². The Morgan fingerprint density at radius 2 is 1.77 bits per heavy atom. The van der Waals surface area contributed by atoms with Gasteiger partial charge < -0.3 is 14.5 Å². The molecule has 22 heavy (non-hydrogen) atoms. The summed E-state index contributed by atoms with van der Waals surface area (Å²) in [6, 6.07) is 9.58. The van der Waals surface area contributed by atoms with Gasteiger partial charge in [0.2, 0.25) is 5.91 Å². The van der Waals surface area contributed by atoms with E-state index >= 15 is 0 Å². The molecule has 0 bridgehead atoms. The van der Waals surface area contributed by atoms with E-state index in [1.165, 1.54) is 0 Å². The summed E-state index contributed by atoms with van der Waals surface area (Å²) >= 11 is 0. The molecule has 0 aromatic heterocycles. The maximum absolute atomic E-state index is 12.3. The topological polar surface area (TPSA) is 53.1 Å². The Morgan fingerprint density at radius 3 is 2.36 bits per heavy atom.